The summed E-state index contributed by atoms with van der Waals surface area (Å²) in [5.74, 6) is -1.75. The van der Waals surface area contributed by atoms with Gasteiger partial charge in [-0.05, 0) is 69.6 Å². The zero-order chi connectivity index (χ0) is 27.1. The molecule has 0 aromatic rings. The average molecular weight is 531 g/mol. The van der Waals surface area contributed by atoms with Gasteiger partial charge in [0.05, 0.1) is 30.8 Å². The average Bonchev–Trinajstić information content (AvgIpc) is 3.03. The molecule has 11 heteroatoms. The summed E-state index contributed by atoms with van der Waals surface area (Å²) in [7, 11) is 0. The van der Waals surface area contributed by atoms with Gasteiger partial charge in [-0.25, -0.2) is 0 Å². The van der Waals surface area contributed by atoms with Crippen LogP contribution in [0.1, 0.15) is 58.8 Å². The Balaban J connectivity index is 1.54. The quantitative estimate of drug-likeness (QED) is 0.216. The summed E-state index contributed by atoms with van der Waals surface area (Å²) in [5.41, 5.74) is -4.20. The summed E-state index contributed by atoms with van der Waals surface area (Å²) < 4.78 is 12.0. The van der Waals surface area contributed by atoms with E-state index in [2.05, 4.69) is 0 Å². The Morgan fingerprint density at radius 1 is 0.946 bits per heavy atom. The van der Waals surface area contributed by atoms with Gasteiger partial charge in [-0.1, -0.05) is 6.92 Å². The lowest BCUT2D eigenvalue weighted by atomic mass is 9.40. The van der Waals surface area contributed by atoms with Crippen LogP contribution < -0.4 is 0 Å². The Kier molecular flexibility index (Phi) is 6.78. The largest absolute Gasteiger partial charge is 0.481 e. The standard InChI is InChI=1S/C26H42O11/c1-23(22(33)34)7-6-16(37-20-19(31)18(30)17(29)13(10-27)36-20)24(2)14(23)5-8-25-9-12(3-4-15(24)25)26(35,11-28)21(25)32/h12-21,27-32,35H,3-11H2,1-2H3,(H,33,34). The highest BCUT2D eigenvalue weighted by atomic mass is 16.7. The van der Waals surface area contributed by atoms with Gasteiger partial charge in [-0.15, -0.1) is 0 Å². The van der Waals surface area contributed by atoms with Gasteiger partial charge in [0, 0.05) is 10.8 Å². The second kappa shape index (κ2) is 9.07. The van der Waals surface area contributed by atoms with Gasteiger partial charge < -0.3 is 50.3 Å². The molecule has 14 atom stereocenters. The van der Waals surface area contributed by atoms with Crippen molar-refractivity contribution in [1.29, 1.82) is 0 Å². The summed E-state index contributed by atoms with van der Waals surface area (Å²) in [6, 6.07) is 0. The Hall–Kier alpha value is -0.890. The van der Waals surface area contributed by atoms with Crippen molar-refractivity contribution in [3.8, 4) is 0 Å². The predicted molar refractivity (Wildman–Crippen MR) is 126 cm³/mol. The fraction of sp³-hybridized carbons (Fsp3) is 0.962. The van der Waals surface area contributed by atoms with Crippen LogP contribution in [0.5, 0.6) is 0 Å². The first-order chi connectivity index (χ1) is 17.3. The zero-order valence-electron chi connectivity index (χ0n) is 21.4. The number of aliphatic hydroxyl groups excluding tert-OH is 6. The van der Waals surface area contributed by atoms with E-state index in [-0.39, 0.29) is 17.8 Å². The molecule has 11 nitrogen and oxygen atoms in total. The molecule has 0 amide bonds. The second-order valence-corrected chi connectivity index (χ2v) is 12.9. The fourth-order valence-electron chi connectivity index (χ4n) is 9.52. The molecule has 4 saturated carbocycles. The Bertz CT molecular complexity index is 900. The van der Waals surface area contributed by atoms with Gasteiger partial charge in [0.2, 0.25) is 0 Å². The van der Waals surface area contributed by atoms with Crippen LogP contribution >= 0.6 is 0 Å². The van der Waals surface area contributed by atoms with E-state index in [4.69, 9.17) is 9.47 Å². The van der Waals surface area contributed by atoms with Crippen LogP contribution in [0.2, 0.25) is 0 Å². The minimum absolute atomic E-state index is 0.237. The zero-order valence-corrected chi connectivity index (χ0v) is 21.4. The van der Waals surface area contributed by atoms with E-state index in [1.807, 2.05) is 6.92 Å². The number of hydrogen-bond acceptors (Lipinski definition) is 10. The molecule has 0 aromatic heterocycles. The van der Waals surface area contributed by atoms with Crippen molar-refractivity contribution in [3.05, 3.63) is 0 Å². The van der Waals surface area contributed by atoms with Gasteiger partial charge in [0.25, 0.3) is 0 Å². The van der Waals surface area contributed by atoms with Crippen LogP contribution in [0.3, 0.4) is 0 Å². The van der Waals surface area contributed by atoms with Crippen molar-refractivity contribution in [2.24, 2.45) is 34.0 Å². The first-order valence-corrected chi connectivity index (χ1v) is 13.5. The monoisotopic (exact) mass is 530 g/mol. The fourth-order valence-corrected chi connectivity index (χ4v) is 9.52. The van der Waals surface area contributed by atoms with Gasteiger partial charge >= 0.3 is 5.97 Å². The van der Waals surface area contributed by atoms with Crippen molar-refractivity contribution in [3.63, 3.8) is 0 Å². The lowest BCUT2D eigenvalue weighted by molar-refractivity contribution is -0.337. The molecule has 5 rings (SSSR count). The Labute approximate surface area is 216 Å². The van der Waals surface area contributed by atoms with E-state index in [0.29, 0.717) is 44.9 Å². The molecule has 0 radical (unpaired) electrons. The number of aliphatic hydroxyl groups is 7. The molecule has 1 aliphatic heterocycles. The van der Waals surface area contributed by atoms with Crippen LogP contribution in [-0.2, 0) is 14.3 Å². The topological polar surface area (TPSA) is 197 Å². The number of carboxylic acid groups (broad SMARTS) is 1. The summed E-state index contributed by atoms with van der Waals surface area (Å²) in [6.07, 6.45) is -5.66. The number of carboxylic acids is 1. The van der Waals surface area contributed by atoms with E-state index < -0.39 is 83.9 Å². The number of aliphatic carboxylic acids is 1. The smallest absolute Gasteiger partial charge is 0.309 e. The highest BCUT2D eigenvalue weighted by Crippen LogP contribution is 2.73. The molecule has 0 aromatic carbocycles. The molecule has 1 saturated heterocycles. The third-order valence-electron chi connectivity index (χ3n) is 11.5. The molecule has 5 fully saturated rings. The van der Waals surface area contributed by atoms with Crippen LogP contribution in [0, 0.1) is 34.0 Å². The van der Waals surface area contributed by atoms with E-state index in [1.165, 1.54) is 0 Å². The van der Waals surface area contributed by atoms with Crippen molar-refractivity contribution in [1.82, 2.24) is 0 Å². The van der Waals surface area contributed by atoms with E-state index in [9.17, 15) is 45.6 Å². The SMILES string of the molecule is CC1(C(=O)O)CCC(OC2OC(CO)C(O)C(O)C2O)C2(C)C1CCC13CC(CCC12)C(O)(CO)C3O. The normalized spacial score (nSPS) is 57.4. The lowest BCUT2D eigenvalue weighted by Crippen LogP contribution is -2.67. The third kappa shape index (κ3) is 3.55. The van der Waals surface area contributed by atoms with E-state index in [0.717, 1.165) is 0 Å². The molecule has 1 spiro atoms. The van der Waals surface area contributed by atoms with Crippen molar-refractivity contribution < 1.29 is 55.1 Å². The first kappa shape index (κ1) is 27.7. The lowest BCUT2D eigenvalue weighted by Gasteiger charge is -2.66. The first-order valence-electron chi connectivity index (χ1n) is 13.5. The third-order valence-corrected chi connectivity index (χ3v) is 11.5. The molecule has 5 aliphatic rings. The maximum Gasteiger partial charge on any atom is 0.309 e. The van der Waals surface area contributed by atoms with Crippen LogP contribution in [0.25, 0.3) is 0 Å². The van der Waals surface area contributed by atoms with Crippen molar-refractivity contribution in [2.75, 3.05) is 13.2 Å². The Morgan fingerprint density at radius 3 is 2.27 bits per heavy atom. The van der Waals surface area contributed by atoms with Crippen LogP contribution in [-0.4, -0.2) is 109 Å². The van der Waals surface area contributed by atoms with E-state index in [1.54, 1.807) is 6.92 Å². The highest BCUT2D eigenvalue weighted by Gasteiger charge is 2.74. The highest BCUT2D eigenvalue weighted by molar-refractivity contribution is 5.75. The maximum absolute atomic E-state index is 12.6. The number of rotatable bonds is 5. The molecule has 1 heterocycles. The predicted octanol–water partition coefficient (Wildman–Crippen LogP) is -1.03. The molecule has 8 N–H and O–H groups in total. The van der Waals surface area contributed by atoms with Crippen molar-refractivity contribution >= 4 is 5.97 Å². The molecule has 212 valence electrons. The van der Waals surface area contributed by atoms with Crippen molar-refractivity contribution in [2.45, 2.75) is 107 Å². The van der Waals surface area contributed by atoms with Gasteiger partial charge in [0.1, 0.15) is 30.0 Å². The number of ether oxygens (including phenoxy) is 2. The Morgan fingerprint density at radius 2 is 1.65 bits per heavy atom. The molecule has 37 heavy (non-hydrogen) atoms. The number of carbonyl (C=O) groups is 1. The molecular weight excluding hydrogens is 488 g/mol. The summed E-state index contributed by atoms with van der Waals surface area (Å²) in [4.78, 5) is 12.6. The molecule has 4 aliphatic carbocycles. The van der Waals surface area contributed by atoms with Gasteiger partial charge in [-0.2, -0.15) is 0 Å². The second-order valence-electron chi connectivity index (χ2n) is 12.9. The van der Waals surface area contributed by atoms with Crippen LogP contribution in [0.4, 0.5) is 0 Å². The molecular formula is C26H42O11. The number of fused-ring (bicyclic) bond motifs is 3. The summed E-state index contributed by atoms with van der Waals surface area (Å²) in [6.45, 7) is 2.58. The van der Waals surface area contributed by atoms with E-state index >= 15 is 0 Å². The minimum Gasteiger partial charge on any atom is -0.481 e. The maximum atomic E-state index is 12.6. The van der Waals surface area contributed by atoms with Gasteiger partial charge in [-0.3, -0.25) is 4.79 Å². The van der Waals surface area contributed by atoms with Crippen LogP contribution in [0.15, 0.2) is 0 Å². The molecule has 2 bridgehead atoms. The van der Waals surface area contributed by atoms with Gasteiger partial charge in [0.15, 0.2) is 6.29 Å². The minimum atomic E-state index is -1.61. The summed E-state index contributed by atoms with van der Waals surface area (Å²) in [5, 5.41) is 83.9. The summed E-state index contributed by atoms with van der Waals surface area (Å²) >= 11 is 0. The number of hydrogen-bond donors (Lipinski definition) is 8. The molecule has 14 unspecified atom stereocenters.